The van der Waals surface area contributed by atoms with Crippen LogP contribution in [0.25, 0.3) is 0 Å². The standard InChI is InChI=1S/C25H22N2O4S/c28-24(20-7-2-8-21(14-20)27-25(29)23-10-4-12-32-23)26-15-18-5-1-6-19(13-18)16-30-17-22-9-3-11-31-22/h1-14H,15-17H2,(H,26,28)(H,27,29). The van der Waals surface area contributed by atoms with Gasteiger partial charge in [0.25, 0.3) is 11.8 Å². The molecule has 0 aliphatic carbocycles. The fraction of sp³-hybridized carbons (Fsp3) is 0.120. The first kappa shape index (κ1) is 21.5. The molecule has 0 saturated carbocycles. The molecule has 2 aromatic carbocycles. The van der Waals surface area contributed by atoms with Crippen LogP contribution in [0.2, 0.25) is 0 Å². The molecule has 4 aromatic rings. The summed E-state index contributed by atoms with van der Waals surface area (Å²) in [6, 6.07) is 22.0. The summed E-state index contributed by atoms with van der Waals surface area (Å²) in [5.41, 5.74) is 3.04. The van der Waals surface area contributed by atoms with E-state index in [2.05, 4.69) is 10.6 Å². The molecular weight excluding hydrogens is 424 g/mol. The van der Waals surface area contributed by atoms with Gasteiger partial charge in [0.15, 0.2) is 0 Å². The number of hydrogen-bond acceptors (Lipinski definition) is 5. The Bertz CT molecular complexity index is 1170. The summed E-state index contributed by atoms with van der Waals surface area (Å²) < 4.78 is 10.9. The van der Waals surface area contributed by atoms with Crippen LogP contribution in [-0.4, -0.2) is 11.8 Å². The summed E-state index contributed by atoms with van der Waals surface area (Å²) >= 11 is 1.37. The van der Waals surface area contributed by atoms with Crippen molar-refractivity contribution < 1.29 is 18.7 Å². The highest BCUT2D eigenvalue weighted by Gasteiger charge is 2.10. The zero-order chi connectivity index (χ0) is 22.2. The van der Waals surface area contributed by atoms with E-state index in [1.807, 2.05) is 47.8 Å². The largest absolute Gasteiger partial charge is 0.467 e. The van der Waals surface area contributed by atoms with Crippen molar-refractivity contribution in [1.29, 1.82) is 0 Å². The summed E-state index contributed by atoms with van der Waals surface area (Å²) in [5, 5.41) is 7.59. The van der Waals surface area contributed by atoms with Crippen LogP contribution in [0.4, 0.5) is 5.69 Å². The molecule has 0 aliphatic rings. The Morgan fingerprint density at radius 2 is 1.75 bits per heavy atom. The van der Waals surface area contributed by atoms with Gasteiger partial charge in [0.1, 0.15) is 12.4 Å². The molecule has 2 heterocycles. The van der Waals surface area contributed by atoms with Crippen molar-refractivity contribution >= 4 is 28.8 Å². The van der Waals surface area contributed by atoms with E-state index in [9.17, 15) is 9.59 Å². The van der Waals surface area contributed by atoms with Gasteiger partial charge < -0.3 is 19.8 Å². The molecule has 0 fully saturated rings. The van der Waals surface area contributed by atoms with Crippen molar-refractivity contribution in [3.05, 3.63) is 112 Å². The van der Waals surface area contributed by atoms with Gasteiger partial charge in [-0.1, -0.05) is 36.4 Å². The van der Waals surface area contributed by atoms with E-state index >= 15 is 0 Å². The summed E-state index contributed by atoms with van der Waals surface area (Å²) in [6.07, 6.45) is 1.62. The molecule has 0 unspecified atom stereocenters. The number of nitrogens with one attached hydrogen (secondary N) is 2. The average molecular weight is 447 g/mol. The monoisotopic (exact) mass is 446 g/mol. The molecule has 0 spiro atoms. The molecule has 0 aliphatic heterocycles. The van der Waals surface area contributed by atoms with Crippen molar-refractivity contribution in [3.8, 4) is 0 Å². The third-order valence-electron chi connectivity index (χ3n) is 4.67. The summed E-state index contributed by atoms with van der Waals surface area (Å²) in [5.74, 6) is 0.377. The molecule has 0 radical (unpaired) electrons. The highest BCUT2D eigenvalue weighted by molar-refractivity contribution is 7.12. The zero-order valence-electron chi connectivity index (χ0n) is 17.2. The molecule has 7 heteroatoms. The van der Waals surface area contributed by atoms with Gasteiger partial charge in [-0.3, -0.25) is 9.59 Å². The molecule has 0 bridgehead atoms. The van der Waals surface area contributed by atoms with E-state index in [0.717, 1.165) is 16.9 Å². The van der Waals surface area contributed by atoms with Crippen molar-refractivity contribution in [1.82, 2.24) is 5.32 Å². The number of benzene rings is 2. The Morgan fingerprint density at radius 1 is 0.875 bits per heavy atom. The Balaban J connectivity index is 1.30. The fourth-order valence-corrected chi connectivity index (χ4v) is 3.74. The third-order valence-corrected chi connectivity index (χ3v) is 5.53. The Labute approximate surface area is 189 Å². The van der Waals surface area contributed by atoms with Crippen LogP contribution in [-0.2, 0) is 24.5 Å². The van der Waals surface area contributed by atoms with Gasteiger partial charge in [-0.05, 0) is 52.9 Å². The summed E-state index contributed by atoms with van der Waals surface area (Å²) in [7, 11) is 0. The summed E-state index contributed by atoms with van der Waals surface area (Å²) in [6.45, 7) is 1.25. The van der Waals surface area contributed by atoms with E-state index in [1.165, 1.54) is 11.3 Å². The summed E-state index contributed by atoms with van der Waals surface area (Å²) in [4.78, 5) is 25.5. The molecule has 0 saturated heterocycles. The van der Waals surface area contributed by atoms with Crippen molar-refractivity contribution in [2.75, 3.05) is 5.32 Å². The van der Waals surface area contributed by atoms with Crippen LogP contribution in [0.15, 0.2) is 88.9 Å². The third kappa shape index (κ3) is 5.94. The normalized spacial score (nSPS) is 10.6. The average Bonchev–Trinajstić information content (AvgIpc) is 3.53. The van der Waals surface area contributed by atoms with Crippen LogP contribution in [0.3, 0.4) is 0 Å². The molecule has 4 rings (SSSR count). The van der Waals surface area contributed by atoms with Crippen molar-refractivity contribution in [2.24, 2.45) is 0 Å². The number of rotatable bonds is 9. The van der Waals surface area contributed by atoms with Crippen LogP contribution < -0.4 is 10.6 Å². The van der Waals surface area contributed by atoms with Gasteiger partial charge in [0.2, 0.25) is 0 Å². The van der Waals surface area contributed by atoms with E-state index in [1.54, 1.807) is 36.6 Å². The molecule has 32 heavy (non-hydrogen) atoms. The maximum absolute atomic E-state index is 12.6. The van der Waals surface area contributed by atoms with Crippen LogP contribution in [0.5, 0.6) is 0 Å². The van der Waals surface area contributed by atoms with Gasteiger partial charge in [-0.25, -0.2) is 0 Å². The van der Waals surface area contributed by atoms with Crippen molar-refractivity contribution in [2.45, 2.75) is 19.8 Å². The number of hydrogen-bond donors (Lipinski definition) is 2. The predicted molar refractivity (Wildman–Crippen MR) is 124 cm³/mol. The number of carbonyl (C=O) groups excluding carboxylic acids is 2. The molecule has 2 N–H and O–H groups in total. The van der Waals surface area contributed by atoms with Gasteiger partial charge >= 0.3 is 0 Å². The lowest BCUT2D eigenvalue weighted by Gasteiger charge is -2.09. The minimum absolute atomic E-state index is 0.191. The lowest BCUT2D eigenvalue weighted by Crippen LogP contribution is -2.23. The predicted octanol–water partition coefficient (Wildman–Crippen LogP) is 5.24. The Morgan fingerprint density at radius 3 is 2.56 bits per heavy atom. The fourth-order valence-electron chi connectivity index (χ4n) is 3.12. The molecule has 2 amide bonds. The zero-order valence-corrected chi connectivity index (χ0v) is 18.1. The number of thiophene rings is 1. The van der Waals surface area contributed by atoms with Gasteiger partial charge in [0.05, 0.1) is 17.7 Å². The minimum atomic E-state index is -0.211. The SMILES string of the molecule is O=C(NCc1cccc(COCc2ccco2)c1)c1cccc(NC(=O)c2cccs2)c1. The number of amides is 2. The molecular formula is C25H22N2O4S. The van der Waals surface area contributed by atoms with Crippen molar-refractivity contribution in [3.63, 3.8) is 0 Å². The highest BCUT2D eigenvalue weighted by Crippen LogP contribution is 2.15. The second kappa shape index (κ2) is 10.6. The molecule has 162 valence electrons. The van der Waals surface area contributed by atoms with Crippen LogP contribution in [0, 0.1) is 0 Å². The van der Waals surface area contributed by atoms with Crippen LogP contribution >= 0.6 is 11.3 Å². The van der Waals surface area contributed by atoms with E-state index in [-0.39, 0.29) is 11.8 Å². The maximum Gasteiger partial charge on any atom is 0.265 e. The number of carbonyl (C=O) groups is 2. The van der Waals surface area contributed by atoms with Gasteiger partial charge in [0, 0.05) is 17.8 Å². The quantitative estimate of drug-likeness (QED) is 0.368. The smallest absolute Gasteiger partial charge is 0.265 e. The van der Waals surface area contributed by atoms with E-state index in [4.69, 9.17) is 9.15 Å². The Hall–Kier alpha value is -3.68. The molecule has 2 aromatic heterocycles. The first-order valence-corrected chi connectivity index (χ1v) is 11.0. The first-order chi connectivity index (χ1) is 15.7. The number of ether oxygens (including phenoxy) is 1. The number of furan rings is 1. The second-order valence-corrected chi connectivity index (χ2v) is 8.03. The maximum atomic E-state index is 12.6. The molecule has 6 nitrogen and oxygen atoms in total. The molecule has 0 atom stereocenters. The van der Waals surface area contributed by atoms with E-state index < -0.39 is 0 Å². The second-order valence-electron chi connectivity index (χ2n) is 7.09. The lowest BCUT2D eigenvalue weighted by atomic mass is 10.1. The van der Waals surface area contributed by atoms with Gasteiger partial charge in [-0.15, -0.1) is 11.3 Å². The van der Waals surface area contributed by atoms with Gasteiger partial charge in [-0.2, -0.15) is 0 Å². The van der Waals surface area contributed by atoms with Crippen LogP contribution in [0.1, 0.15) is 36.9 Å². The van der Waals surface area contributed by atoms with E-state index in [0.29, 0.717) is 35.9 Å². The lowest BCUT2D eigenvalue weighted by molar-refractivity contribution is 0.0928. The number of anilines is 1. The topological polar surface area (TPSA) is 80.6 Å². The Kier molecular flexibility index (Phi) is 7.12. The first-order valence-electron chi connectivity index (χ1n) is 10.1. The minimum Gasteiger partial charge on any atom is -0.467 e. The highest BCUT2D eigenvalue weighted by atomic mass is 32.1.